The van der Waals surface area contributed by atoms with Crippen LogP contribution >= 0.6 is 0 Å². The van der Waals surface area contributed by atoms with Gasteiger partial charge < -0.3 is 10.4 Å². The van der Waals surface area contributed by atoms with Crippen molar-refractivity contribution >= 4 is 5.97 Å². The Balaban J connectivity index is 2.64. The van der Waals surface area contributed by atoms with Crippen molar-refractivity contribution in [1.29, 1.82) is 0 Å². The van der Waals surface area contributed by atoms with Crippen LogP contribution in [0.3, 0.4) is 0 Å². The summed E-state index contributed by atoms with van der Waals surface area (Å²) >= 11 is 0. The minimum Gasteiger partial charge on any atom is -0.480 e. The van der Waals surface area contributed by atoms with Crippen molar-refractivity contribution in [2.24, 2.45) is 5.92 Å². The second-order valence-corrected chi connectivity index (χ2v) is 3.83. The number of nitrogens with one attached hydrogen (secondary N) is 1. The zero-order valence-corrected chi connectivity index (χ0v) is 8.47. The van der Waals surface area contributed by atoms with E-state index in [0.29, 0.717) is 12.3 Å². The monoisotopic (exact) mass is 185 g/mol. The van der Waals surface area contributed by atoms with Gasteiger partial charge in [0, 0.05) is 0 Å². The molecule has 0 aliphatic heterocycles. The maximum absolute atomic E-state index is 11.2. The molecule has 0 amide bonds. The zero-order chi connectivity index (χ0) is 9.90. The number of aliphatic carboxylic acids is 1. The van der Waals surface area contributed by atoms with E-state index in [9.17, 15) is 9.90 Å². The van der Waals surface area contributed by atoms with E-state index < -0.39 is 11.5 Å². The van der Waals surface area contributed by atoms with Crippen molar-refractivity contribution in [2.75, 3.05) is 6.54 Å². The highest BCUT2D eigenvalue weighted by atomic mass is 16.4. The molecule has 0 heterocycles. The van der Waals surface area contributed by atoms with Crippen molar-refractivity contribution in [3.05, 3.63) is 0 Å². The summed E-state index contributed by atoms with van der Waals surface area (Å²) in [6.45, 7) is 4.81. The van der Waals surface area contributed by atoms with Crippen LogP contribution in [0.2, 0.25) is 0 Å². The van der Waals surface area contributed by atoms with E-state index in [4.69, 9.17) is 0 Å². The zero-order valence-electron chi connectivity index (χ0n) is 8.47. The van der Waals surface area contributed by atoms with E-state index in [1.807, 2.05) is 6.92 Å². The number of carboxylic acids is 1. The van der Waals surface area contributed by atoms with Crippen LogP contribution in [0.25, 0.3) is 0 Å². The molecular formula is C10H19NO2. The Kier molecular flexibility index (Phi) is 3.31. The Morgan fingerprint density at radius 3 is 2.46 bits per heavy atom. The SMILES string of the molecule is CCCNC(CC)(C(=O)O)C1CC1. The lowest BCUT2D eigenvalue weighted by Crippen LogP contribution is -2.53. The Morgan fingerprint density at radius 2 is 2.15 bits per heavy atom. The maximum atomic E-state index is 11.2. The van der Waals surface area contributed by atoms with Gasteiger partial charge in [-0.1, -0.05) is 13.8 Å². The van der Waals surface area contributed by atoms with Crippen LogP contribution in [0.15, 0.2) is 0 Å². The summed E-state index contributed by atoms with van der Waals surface area (Å²) in [5, 5.41) is 12.4. The number of carbonyl (C=O) groups is 1. The third kappa shape index (κ3) is 2.02. The summed E-state index contributed by atoms with van der Waals surface area (Å²) in [6.07, 6.45) is 3.81. The number of hydrogen-bond donors (Lipinski definition) is 2. The van der Waals surface area contributed by atoms with E-state index in [2.05, 4.69) is 12.2 Å². The second-order valence-electron chi connectivity index (χ2n) is 3.83. The van der Waals surface area contributed by atoms with Crippen molar-refractivity contribution in [1.82, 2.24) is 5.32 Å². The first-order valence-corrected chi connectivity index (χ1v) is 5.15. The lowest BCUT2D eigenvalue weighted by Gasteiger charge is -2.29. The Hall–Kier alpha value is -0.570. The average molecular weight is 185 g/mol. The molecule has 76 valence electrons. The van der Waals surface area contributed by atoms with E-state index in [1.165, 1.54) is 0 Å². The lowest BCUT2D eigenvalue weighted by atomic mass is 9.90. The molecule has 0 spiro atoms. The first-order valence-electron chi connectivity index (χ1n) is 5.15. The van der Waals surface area contributed by atoms with Gasteiger partial charge in [-0.25, -0.2) is 0 Å². The van der Waals surface area contributed by atoms with Gasteiger partial charge in [-0.15, -0.1) is 0 Å². The van der Waals surface area contributed by atoms with Crippen LogP contribution in [0.5, 0.6) is 0 Å². The molecular weight excluding hydrogens is 166 g/mol. The molecule has 0 aromatic heterocycles. The molecule has 3 nitrogen and oxygen atoms in total. The van der Waals surface area contributed by atoms with Crippen molar-refractivity contribution < 1.29 is 9.90 Å². The van der Waals surface area contributed by atoms with Crippen LogP contribution in [0.1, 0.15) is 39.5 Å². The van der Waals surface area contributed by atoms with Crippen LogP contribution < -0.4 is 5.32 Å². The van der Waals surface area contributed by atoms with Gasteiger partial charge in [-0.05, 0) is 38.1 Å². The summed E-state index contributed by atoms with van der Waals surface area (Å²) in [6, 6.07) is 0. The molecule has 0 radical (unpaired) electrons. The topological polar surface area (TPSA) is 49.3 Å². The molecule has 2 N–H and O–H groups in total. The van der Waals surface area contributed by atoms with E-state index >= 15 is 0 Å². The minimum atomic E-state index is -0.675. The smallest absolute Gasteiger partial charge is 0.324 e. The highest BCUT2D eigenvalue weighted by molar-refractivity contribution is 5.79. The molecule has 1 unspecified atom stereocenters. The van der Waals surface area contributed by atoms with Crippen molar-refractivity contribution in [2.45, 2.75) is 45.1 Å². The first-order chi connectivity index (χ1) is 6.17. The van der Waals surface area contributed by atoms with Crippen LogP contribution in [-0.2, 0) is 4.79 Å². The van der Waals surface area contributed by atoms with Gasteiger partial charge in [0.05, 0.1) is 0 Å². The van der Waals surface area contributed by atoms with Crippen LogP contribution in [0.4, 0.5) is 0 Å². The Bertz CT molecular complexity index is 189. The van der Waals surface area contributed by atoms with E-state index in [1.54, 1.807) is 0 Å². The highest BCUT2D eigenvalue weighted by Crippen LogP contribution is 2.41. The first kappa shape index (κ1) is 10.5. The standard InChI is InChI=1S/C10H19NO2/c1-3-7-11-10(4-2,9(12)13)8-5-6-8/h8,11H,3-7H2,1-2H3,(H,12,13). The predicted octanol–water partition coefficient (Wildman–Crippen LogP) is 1.63. The third-order valence-corrected chi connectivity index (χ3v) is 2.90. The van der Waals surface area contributed by atoms with Gasteiger partial charge in [0.25, 0.3) is 0 Å². The van der Waals surface area contributed by atoms with Crippen molar-refractivity contribution in [3.63, 3.8) is 0 Å². The lowest BCUT2D eigenvalue weighted by molar-refractivity contribution is -0.146. The molecule has 1 atom stereocenters. The molecule has 0 bridgehead atoms. The van der Waals surface area contributed by atoms with Crippen molar-refractivity contribution in [3.8, 4) is 0 Å². The average Bonchev–Trinajstić information content (AvgIpc) is 2.90. The summed E-state index contributed by atoms with van der Waals surface area (Å²) in [5.74, 6) is -0.313. The fourth-order valence-electron chi connectivity index (χ4n) is 1.88. The van der Waals surface area contributed by atoms with Gasteiger partial charge in [0.1, 0.15) is 5.54 Å². The molecule has 0 saturated heterocycles. The molecule has 1 rings (SSSR count). The largest absolute Gasteiger partial charge is 0.480 e. The van der Waals surface area contributed by atoms with Gasteiger partial charge in [-0.3, -0.25) is 4.79 Å². The number of hydrogen-bond acceptors (Lipinski definition) is 2. The van der Waals surface area contributed by atoms with Gasteiger partial charge >= 0.3 is 5.97 Å². The second kappa shape index (κ2) is 4.09. The number of rotatable bonds is 6. The predicted molar refractivity (Wildman–Crippen MR) is 51.7 cm³/mol. The molecule has 3 heteroatoms. The molecule has 1 aliphatic rings. The third-order valence-electron chi connectivity index (χ3n) is 2.90. The number of carboxylic acid groups (broad SMARTS) is 1. The Labute approximate surface area is 79.5 Å². The highest BCUT2D eigenvalue weighted by Gasteiger charge is 2.49. The molecule has 1 aliphatic carbocycles. The van der Waals surface area contributed by atoms with E-state index in [-0.39, 0.29) is 0 Å². The van der Waals surface area contributed by atoms with Crippen LogP contribution in [0, 0.1) is 5.92 Å². The van der Waals surface area contributed by atoms with Gasteiger partial charge in [0.15, 0.2) is 0 Å². The maximum Gasteiger partial charge on any atom is 0.324 e. The molecule has 0 aromatic rings. The molecule has 13 heavy (non-hydrogen) atoms. The Morgan fingerprint density at radius 1 is 1.54 bits per heavy atom. The minimum absolute atomic E-state index is 0.363. The molecule has 0 aromatic carbocycles. The summed E-state index contributed by atoms with van der Waals surface area (Å²) in [7, 11) is 0. The normalized spacial score (nSPS) is 21.1. The summed E-state index contributed by atoms with van der Waals surface area (Å²) in [5.41, 5.74) is -0.629. The summed E-state index contributed by atoms with van der Waals surface area (Å²) in [4.78, 5) is 11.2. The molecule has 1 fully saturated rings. The quantitative estimate of drug-likeness (QED) is 0.661. The summed E-state index contributed by atoms with van der Waals surface area (Å²) < 4.78 is 0. The van der Waals surface area contributed by atoms with E-state index in [0.717, 1.165) is 25.8 Å². The molecule has 1 saturated carbocycles. The fraction of sp³-hybridized carbons (Fsp3) is 0.900. The van der Waals surface area contributed by atoms with Gasteiger partial charge in [-0.2, -0.15) is 0 Å². The fourth-order valence-corrected chi connectivity index (χ4v) is 1.88. The van der Waals surface area contributed by atoms with Crippen LogP contribution in [-0.4, -0.2) is 23.2 Å². The van der Waals surface area contributed by atoms with Gasteiger partial charge in [0.2, 0.25) is 0 Å².